The molecular weight excluding hydrogens is 371 g/mol. The fraction of sp³-hybridized carbons (Fsp3) is 0.435. The molecule has 1 fully saturated rings. The Bertz CT molecular complexity index is 772. The minimum atomic E-state index is -0.216. The number of halogens is 1. The van der Waals surface area contributed by atoms with Gasteiger partial charge in [-0.25, -0.2) is 4.39 Å². The maximum Gasteiger partial charge on any atom is 0.230 e. The Morgan fingerprint density at radius 2 is 1.86 bits per heavy atom. The van der Waals surface area contributed by atoms with Crippen molar-refractivity contribution < 1.29 is 9.18 Å². The number of nitrogens with zero attached hydrogens (tertiary/aromatic N) is 1. The highest BCUT2D eigenvalue weighted by Gasteiger charge is 2.16. The molecule has 3 rings (SSSR count). The topological polar surface area (TPSA) is 32.3 Å². The van der Waals surface area contributed by atoms with E-state index in [9.17, 15) is 9.18 Å². The van der Waals surface area contributed by atoms with Gasteiger partial charge in [0.15, 0.2) is 0 Å². The maximum atomic E-state index is 13.6. The van der Waals surface area contributed by atoms with E-state index >= 15 is 0 Å². The second kappa shape index (κ2) is 9.97. The molecule has 1 aliphatic rings. The van der Waals surface area contributed by atoms with Crippen LogP contribution < -0.4 is 10.2 Å². The lowest BCUT2D eigenvalue weighted by atomic mass is 9.98. The largest absolute Gasteiger partial charge is 0.372 e. The van der Waals surface area contributed by atoms with Crippen LogP contribution in [0, 0.1) is 11.7 Å². The summed E-state index contributed by atoms with van der Waals surface area (Å²) in [6, 6.07) is 15.2. The molecule has 1 atom stereocenters. The summed E-state index contributed by atoms with van der Waals surface area (Å²) < 4.78 is 13.6. The van der Waals surface area contributed by atoms with Gasteiger partial charge in [0.25, 0.3) is 0 Å². The predicted octanol–water partition coefficient (Wildman–Crippen LogP) is 5.17. The zero-order chi connectivity index (χ0) is 19.9. The molecule has 5 heteroatoms. The van der Waals surface area contributed by atoms with Crippen molar-refractivity contribution in [3.63, 3.8) is 0 Å². The monoisotopic (exact) mass is 400 g/mol. The molecule has 1 heterocycles. The third kappa shape index (κ3) is 5.74. The number of piperidine rings is 1. The Labute approximate surface area is 171 Å². The second-order valence-corrected chi connectivity index (χ2v) is 8.62. The summed E-state index contributed by atoms with van der Waals surface area (Å²) in [6.45, 7) is 6.55. The van der Waals surface area contributed by atoms with E-state index in [0.29, 0.717) is 17.1 Å². The number of carbonyl (C=O) groups is 1. The van der Waals surface area contributed by atoms with Crippen LogP contribution in [0.25, 0.3) is 0 Å². The second-order valence-electron chi connectivity index (χ2n) is 7.63. The minimum Gasteiger partial charge on any atom is -0.372 e. The van der Waals surface area contributed by atoms with Crippen molar-refractivity contribution in [2.45, 2.75) is 38.5 Å². The Morgan fingerprint density at radius 3 is 2.54 bits per heavy atom. The van der Waals surface area contributed by atoms with E-state index in [4.69, 9.17) is 0 Å². The first-order valence-corrected chi connectivity index (χ1v) is 11.1. The van der Waals surface area contributed by atoms with Crippen LogP contribution in [0.4, 0.5) is 10.1 Å². The molecule has 1 saturated heterocycles. The molecule has 0 radical (unpaired) electrons. The van der Waals surface area contributed by atoms with Crippen LogP contribution in [0.15, 0.2) is 48.5 Å². The molecule has 3 nitrogen and oxygen atoms in total. The molecule has 2 aromatic rings. The lowest BCUT2D eigenvalue weighted by Crippen LogP contribution is -2.32. The van der Waals surface area contributed by atoms with E-state index in [2.05, 4.69) is 41.4 Å². The molecule has 1 amide bonds. The molecule has 1 aliphatic heterocycles. The summed E-state index contributed by atoms with van der Waals surface area (Å²) in [7, 11) is 0. The van der Waals surface area contributed by atoms with E-state index in [1.165, 1.54) is 36.4 Å². The van der Waals surface area contributed by atoms with Crippen LogP contribution in [-0.2, 0) is 10.5 Å². The molecule has 0 spiro atoms. The molecule has 2 aromatic carbocycles. The normalized spacial score (nSPS) is 16.0. The maximum absolute atomic E-state index is 13.6. The number of hydrogen-bond acceptors (Lipinski definition) is 3. The summed E-state index contributed by atoms with van der Waals surface area (Å²) in [5.41, 5.74) is 2.99. The van der Waals surface area contributed by atoms with E-state index in [1.807, 2.05) is 13.0 Å². The van der Waals surface area contributed by atoms with Gasteiger partial charge in [-0.2, -0.15) is 0 Å². The van der Waals surface area contributed by atoms with Crippen molar-refractivity contribution in [1.82, 2.24) is 5.32 Å². The lowest BCUT2D eigenvalue weighted by Gasteiger charge is -2.32. The smallest absolute Gasteiger partial charge is 0.230 e. The summed E-state index contributed by atoms with van der Waals surface area (Å²) in [6.07, 6.45) is 2.50. The minimum absolute atomic E-state index is 0.0251. The van der Waals surface area contributed by atoms with Crippen molar-refractivity contribution >= 4 is 23.4 Å². The van der Waals surface area contributed by atoms with E-state index in [-0.39, 0.29) is 17.8 Å². The third-order valence-corrected chi connectivity index (χ3v) is 6.35. The summed E-state index contributed by atoms with van der Waals surface area (Å²) in [4.78, 5) is 14.6. The summed E-state index contributed by atoms with van der Waals surface area (Å²) in [5.74, 6) is 1.40. The number of amides is 1. The van der Waals surface area contributed by atoms with Crippen LogP contribution in [-0.4, -0.2) is 24.7 Å². The zero-order valence-electron chi connectivity index (χ0n) is 16.7. The SMILES string of the molecule is CC1CCN(c2ccc([C@@H](C)NC(=O)CSCc3ccccc3F)cc2)CC1. The van der Waals surface area contributed by atoms with Crippen molar-refractivity contribution in [3.05, 3.63) is 65.5 Å². The Kier molecular flexibility index (Phi) is 7.37. The number of benzene rings is 2. The number of hydrogen-bond donors (Lipinski definition) is 1. The first-order valence-electron chi connectivity index (χ1n) is 9.98. The first kappa shape index (κ1) is 20.7. The van der Waals surface area contributed by atoms with Crippen LogP contribution in [0.2, 0.25) is 0 Å². The van der Waals surface area contributed by atoms with Gasteiger partial charge in [-0.1, -0.05) is 37.3 Å². The molecule has 28 heavy (non-hydrogen) atoms. The van der Waals surface area contributed by atoms with Gasteiger partial charge in [0.2, 0.25) is 5.91 Å². The van der Waals surface area contributed by atoms with Crippen molar-refractivity contribution in [1.29, 1.82) is 0 Å². The number of nitrogens with one attached hydrogen (secondary N) is 1. The molecule has 0 aromatic heterocycles. The van der Waals surface area contributed by atoms with Crippen molar-refractivity contribution in [3.8, 4) is 0 Å². The van der Waals surface area contributed by atoms with Gasteiger partial charge in [0.1, 0.15) is 5.82 Å². The van der Waals surface area contributed by atoms with Gasteiger partial charge in [-0.15, -0.1) is 11.8 Å². The average Bonchev–Trinajstić information content (AvgIpc) is 2.70. The van der Waals surface area contributed by atoms with Gasteiger partial charge >= 0.3 is 0 Å². The van der Waals surface area contributed by atoms with Crippen LogP contribution in [0.5, 0.6) is 0 Å². The highest BCUT2D eigenvalue weighted by molar-refractivity contribution is 7.99. The van der Waals surface area contributed by atoms with Crippen molar-refractivity contribution in [2.75, 3.05) is 23.7 Å². The first-order chi connectivity index (χ1) is 13.5. The van der Waals surface area contributed by atoms with Gasteiger partial charge in [-0.3, -0.25) is 4.79 Å². The zero-order valence-corrected chi connectivity index (χ0v) is 17.5. The predicted molar refractivity (Wildman–Crippen MR) is 116 cm³/mol. The quantitative estimate of drug-likeness (QED) is 0.696. The number of rotatable bonds is 7. The highest BCUT2D eigenvalue weighted by Crippen LogP contribution is 2.24. The number of thioether (sulfide) groups is 1. The van der Waals surface area contributed by atoms with Gasteiger partial charge in [-0.05, 0) is 55.0 Å². The van der Waals surface area contributed by atoms with Crippen LogP contribution >= 0.6 is 11.8 Å². The molecule has 0 saturated carbocycles. The lowest BCUT2D eigenvalue weighted by molar-refractivity contribution is -0.119. The number of carbonyl (C=O) groups excluding carboxylic acids is 1. The van der Waals surface area contributed by atoms with Gasteiger partial charge in [0.05, 0.1) is 11.8 Å². The Hall–Kier alpha value is -2.01. The van der Waals surface area contributed by atoms with Gasteiger partial charge in [0, 0.05) is 24.5 Å². The molecule has 0 unspecified atom stereocenters. The highest BCUT2D eigenvalue weighted by atomic mass is 32.2. The van der Waals surface area contributed by atoms with Crippen LogP contribution in [0.1, 0.15) is 43.9 Å². The number of anilines is 1. The third-order valence-electron chi connectivity index (χ3n) is 5.37. The Morgan fingerprint density at radius 1 is 1.18 bits per heavy atom. The molecule has 0 aliphatic carbocycles. The fourth-order valence-corrected chi connectivity index (χ4v) is 4.30. The van der Waals surface area contributed by atoms with E-state index in [1.54, 1.807) is 12.1 Å². The van der Waals surface area contributed by atoms with Gasteiger partial charge < -0.3 is 10.2 Å². The average molecular weight is 401 g/mol. The molecule has 150 valence electrons. The van der Waals surface area contributed by atoms with Crippen molar-refractivity contribution in [2.24, 2.45) is 5.92 Å². The standard InChI is InChI=1S/C23H29FN2OS/c1-17-11-13-26(14-12-17)21-9-7-19(8-10-21)18(2)25-23(27)16-28-15-20-5-3-4-6-22(20)24/h3-10,17-18H,11-16H2,1-2H3,(H,25,27)/t18-/m1/s1. The summed E-state index contributed by atoms with van der Waals surface area (Å²) >= 11 is 1.43. The Balaban J connectivity index is 1.45. The molecule has 0 bridgehead atoms. The van der Waals surface area contributed by atoms with Crippen LogP contribution in [0.3, 0.4) is 0 Å². The van der Waals surface area contributed by atoms with E-state index < -0.39 is 0 Å². The molecule has 1 N–H and O–H groups in total. The van der Waals surface area contributed by atoms with E-state index in [0.717, 1.165) is 24.6 Å². The summed E-state index contributed by atoms with van der Waals surface area (Å²) in [5, 5.41) is 3.03. The fourth-order valence-electron chi connectivity index (χ4n) is 3.48. The molecular formula is C23H29FN2OS.